The molecule has 0 N–H and O–H groups in total. The Hall–Kier alpha value is -5.62. The molecule has 7 aromatic rings. The van der Waals surface area contributed by atoms with Crippen LogP contribution in [-0.4, -0.2) is 21.2 Å². The van der Waals surface area contributed by atoms with Crippen LogP contribution in [0.5, 0.6) is 11.5 Å². The van der Waals surface area contributed by atoms with Gasteiger partial charge in [-0.15, -0.1) is 0 Å². The third kappa shape index (κ3) is 6.62. The Morgan fingerprint density at radius 1 is 0.600 bits per heavy atom. The van der Waals surface area contributed by atoms with Crippen LogP contribution in [0, 0.1) is 0 Å². The van der Waals surface area contributed by atoms with Crippen LogP contribution < -0.4 is 14.5 Å². The molecule has 0 saturated carbocycles. The molecule has 0 spiro atoms. The minimum absolute atomic E-state index is 0.00298. The second-order valence-electron chi connectivity index (χ2n) is 17.7. The highest BCUT2D eigenvalue weighted by molar-refractivity contribution is 6.09. The van der Waals surface area contributed by atoms with Crippen molar-refractivity contribution in [2.24, 2.45) is 0 Å². The summed E-state index contributed by atoms with van der Waals surface area (Å²) in [5.74, 6) is 3.17. The first-order chi connectivity index (χ1) is 26.2. The zero-order valence-corrected chi connectivity index (χ0v) is 34.0. The van der Waals surface area contributed by atoms with Crippen LogP contribution in [0.15, 0.2) is 116 Å². The van der Waals surface area contributed by atoms with Crippen molar-refractivity contribution >= 4 is 44.6 Å². The van der Waals surface area contributed by atoms with E-state index in [4.69, 9.17) is 9.72 Å². The van der Waals surface area contributed by atoms with Crippen LogP contribution in [0.25, 0.3) is 27.6 Å². The quantitative estimate of drug-likeness (QED) is 0.164. The van der Waals surface area contributed by atoms with E-state index in [1.165, 1.54) is 33.3 Å². The van der Waals surface area contributed by atoms with E-state index in [0.29, 0.717) is 18.5 Å². The van der Waals surface area contributed by atoms with Crippen molar-refractivity contribution in [3.63, 3.8) is 0 Å². The van der Waals surface area contributed by atoms with Crippen LogP contribution in [0.3, 0.4) is 0 Å². The van der Waals surface area contributed by atoms with Gasteiger partial charge in [-0.2, -0.15) is 0 Å². The van der Waals surface area contributed by atoms with Crippen LogP contribution in [-0.2, 0) is 10.8 Å². The number of benzene rings is 4. The van der Waals surface area contributed by atoms with Crippen LogP contribution in [0.4, 0.5) is 22.7 Å². The Morgan fingerprint density at radius 3 is 2.00 bits per heavy atom. The third-order valence-corrected chi connectivity index (χ3v) is 11.0. The molecule has 4 aromatic carbocycles. The van der Waals surface area contributed by atoms with Crippen molar-refractivity contribution in [1.82, 2.24) is 14.5 Å². The molecule has 3 aromatic heterocycles. The Morgan fingerprint density at radius 2 is 1.29 bits per heavy atom. The number of aromatic nitrogens is 3. The Bertz CT molecular complexity index is 2520. The molecule has 0 unspecified atom stereocenters. The van der Waals surface area contributed by atoms with Crippen LogP contribution >= 0.6 is 0 Å². The average molecular weight is 728 g/mol. The second kappa shape index (κ2) is 13.6. The molecule has 0 radical (unpaired) electrons. The molecule has 6 heteroatoms. The predicted octanol–water partition coefficient (Wildman–Crippen LogP) is 13.5. The summed E-state index contributed by atoms with van der Waals surface area (Å²) in [7, 11) is 0. The standard InChI is InChI=1S/C49H53N5O/c1-31(2)40-24-34(49(8,9)10)25-41(32(3)4)47(40)53-30-52(45-29-50-22-21-43(45)53)35-14-13-15-36(27-35)55-37-18-19-39-38-16-11-12-17-42(38)54(44(39)28-37)46-26-33(20-23-51-46)48(5,6)7/h11-29,31-32H,30H2,1-10H3. The fourth-order valence-electron chi connectivity index (χ4n) is 7.94. The van der Waals surface area contributed by atoms with E-state index in [1.54, 1.807) is 0 Å². The molecule has 0 fully saturated rings. The molecule has 1 aliphatic heterocycles. The summed E-state index contributed by atoms with van der Waals surface area (Å²) < 4.78 is 8.97. The largest absolute Gasteiger partial charge is 0.457 e. The molecule has 0 bridgehead atoms. The zero-order valence-electron chi connectivity index (χ0n) is 34.0. The van der Waals surface area contributed by atoms with Gasteiger partial charge in [0, 0.05) is 46.7 Å². The molecule has 0 aliphatic carbocycles. The van der Waals surface area contributed by atoms with Gasteiger partial charge in [0.2, 0.25) is 0 Å². The van der Waals surface area contributed by atoms with Gasteiger partial charge in [-0.3, -0.25) is 9.55 Å². The molecule has 0 saturated heterocycles. The Balaban J connectivity index is 1.17. The molecule has 0 amide bonds. The smallest absolute Gasteiger partial charge is 0.137 e. The summed E-state index contributed by atoms with van der Waals surface area (Å²) in [6, 6.07) is 34.7. The maximum absolute atomic E-state index is 6.71. The first kappa shape index (κ1) is 36.4. The van der Waals surface area contributed by atoms with Gasteiger partial charge >= 0.3 is 0 Å². The van der Waals surface area contributed by atoms with Gasteiger partial charge in [0.05, 0.1) is 28.6 Å². The third-order valence-electron chi connectivity index (χ3n) is 11.0. The molecule has 8 rings (SSSR count). The van der Waals surface area contributed by atoms with E-state index >= 15 is 0 Å². The number of para-hydroxylation sites is 1. The van der Waals surface area contributed by atoms with Crippen molar-refractivity contribution in [1.29, 1.82) is 0 Å². The second-order valence-corrected chi connectivity index (χ2v) is 17.7. The molecular weight excluding hydrogens is 675 g/mol. The maximum atomic E-state index is 6.71. The maximum Gasteiger partial charge on any atom is 0.137 e. The summed E-state index contributed by atoms with van der Waals surface area (Å²) in [4.78, 5) is 14.3. The van der Waals surface area contributed by atoms with Gasteiger partial charge in [0.25, 0.3) is 0 Å². The number of nitrogens with zero attached hydrogens (tertiary/aromatic N) is 5. The first-order valence-corrected chi connectivity index (χ1v) is 19.6. The molecular formula is C49H53N5O. The molecule has 280 valence electrons. The van der Waals surface area contributed by atoms with Crippen molar-refractivity contribution in [2.45, 2.75) is 91.9 Å². The SMILES string of the molecule is CC(C)c1cc(C(C)(C)C)cc(C(C)C)c1N1CN(c2cccc(Oc3ccc4c5ccccc5n(-c5cc(C(C)(C)C)ccn5)c4c3)c2)c2cnccc21. The van der Waals surface area contributed by atoms with Crippen molar-refractivity contribution in [3.8, 4) is 17.3 Å². The normalized spacial score (nSPS) is 13.5. The molecule has 4 heterocycles. The van der Waals surface area contributed by atoms with Crippen LogP contribution in [0.1, 0.15) is 103 Å². The topological polar surface area (TPSA) is 46.4 Å². The summed E-state index contributed by atoms with van der Waals surface area (Å²) >= 11 is 0. The molecule has 1 aliphatic rings. The first-order valence-electron chi connectivity index (χ1n) is 19.6. The number of rotatable bonds is 7. The number of anilines is 4. The summed E-state index contributed by atoms with van der Waals surface area (Å²) in [6.45, 7) is 23.6. The van der Waals surface area contributed by atoms with Gasteiger partial charge in [0.1, 0.15) is 24.0 Å². The Labute approximate surface area is 326 Å². The highest BCUT2D eigenvalue weighted by Crippen LogP contribution is 2.49. The minimum atomic E-state index is 0.00298. The minimum Gasteiger partial charge on any atom is -0.457 e. The highest BCUT2D eigenvalue weighted by atomic mass is 16.5. The number of hydrogen-bond acceptors (Lipinski definition) is 5. The number of hydrogen-bond donors (Lipinski definition) is 0. The van der Waals surface area contributed by atoms with E-state index < -0.39 is 0 Å². The predicted molar refractivity (Wildman–Crippen MR) is 230 cm³/mol. The van der Waals surface area contributed by atoms with Crippen molar-refractivity contribution in [3.05, 3.63) is 138 Å². The van der Waals surface area contributed by atoms with E-state index in [2.05, 4.69) is 180 Å². The van der Waals surface area contributed by atoms with E-state index in [-0.39, 0.29) is 10.8 Å². The fraction of sp³-hybridized carbons (Fsp3) is 0.306. The molecule has 55 heavy (non-hydrogen) atoms. The fourth-order valence-corrected chi connectivity index (χ4v) is 7.94. The van der Waals surface area contributed by atoms with Gasteiger partial charge < -0.3 is 14.5 Å². The monoisotopic (exact) mass is 727 g/mol. The lowest BCUT2D eigenvalue weighted by Crippen LogP contribution is -2.26. The average Bonchev–Trinajstić information content (AvgIpc) is 3.69. The summed E-state index contributed by atoms with van der Waals surface area (Å²) in [6.07, 6.45) is 5.82. The lowest BCUT2D eigenvalue weighted by Gasteiger charge is -2.32. The number of ether oxygens (including phenoxy) is 1. The summed E-state index contributed by atoms with van der Waals surface area (Å²) in [5, 5.41) is 2.35. The van der Waals surface area contributed by atoms with Crippen molar-refractivity contribution < 1.29 is 4.74 Å². The van der Waals surface area contributed by atoms with E-state index in [9.17, 15) is 0 Å². The van der Waals surface area contributed by atoms with E-state index in [0.717, 1.165) is 50.8 Å². The number of fused-ring (bicyclic) bond motifs is 4. The molecule has 0 atom stereocenters. The van der Waals surface area contributed by atoms with Gasteiger partial charge in [-0.25, -0.2) is 4.98 Å². The van der Waals surface area contributed by atoms with Gasteiger partial charge in [0.15, 0.2) is 0 Å². The lowest BCUT2D eigenvalue weighted by atomic mass is 9.80. The zero-order chi connectivity index (χ0) is 38.8. The van der Waals surface area contributed by atoms with Crippen molar-refractivity contribution in [2.75, 3.05) is 16.5 Å². The Kier molecular flexibility index (Phi) is 8.99. The number of pyridine rings is 2. The van der Waals surface area contributed by atoms with Gasteiger partial charge in [-0.1, -0.05) is 106 Å². The highest BCUT2D eigenvalue weighted by Gasteiger charge is 2.33. The van der Waals surface area contributed by atoms with Crippen LogP contribution in [0.2, 0.25) is 0 Å². The van der Waals surface area contributed by atoms with Gasteiger partial charge in [-0.05, 0) is 93.5 Å². The summed E-state index contributed by atoms with van der Waals surface area (Å²) in [5.41, 5.74) is 12.2. The lowest BCUT2D eigenvalue weighted by molar-refractivity contribution is 0.483. The van der Waals surface area contributed by atoms with E-state index in [1.807, 2.05) is 24.7 Å². The molecule has 6 nitrogen and oxygen atoms in total.